The van der Waals surface area contributed by atoms with Crippen molar-refractivity contribution in [1.29, 1.82) is 0 Å². The van der Waals surface area contributed by atoms with Crippen LogP contribution in [0.3, 0.4) is 0 Å². The van der Waals surface area contributed by atoms with Crippen molar-refractivity contribution in [1.82, 2.24) is 10.2 Å². The van der Waals surface area contributed by atoms with E-state index in [1.807, 2.05) is 12.1 Å². The minimum Gasteiger partial charge on any atom is -0.388 e. The zero-order valence-electron chi connectivity index (χ0n) is 10.2. The number of fused-ring (bicyclic) bond motifs is 1. The van der Waals surface area contributed by atoms with Gasteiger partial charge >= 0.3 is 0 Å². The van der Waals surface area contributed by atoms with Crippen LogP contribution in [0.5, 0.6) is 0 Å². The smallest absolute Gasteiger partial charge is 0.0839 e. The van der Waals surface area contributed by atoms with Crippen LogP contribution in [-0.4, -0.2) is 15.3 Å². The second-order valence-electron chi connectivity index (χ2n) is 5.17. The molecule has 0 bridgehead atoms. The second-order valence-corrected chi connectivity index (χ2v) is 5.61. The first-order chi connectivity index (χ1) is 8.75. The Morgan fingerprint density at radius 2 is 2.06 bits per heavy atom. The molecule has 1 aliphatic carbocycles. The number of hydrogen-bond acceptors (Lipinski definition) is 2. The third kappa shape index (κ3) is 2.13. The van der Waals surface area contributed by atoms with Gasteiger partial charge in [0.05, 0.1) is 17.8 Å². The number of rotatable bonds is 2. The molecule has 1 heterocycles. The van der Waals surface area contributed by atoms with E-state index in [2.05, 4.69) is 10.2 Å². The van der Waals surface area contributed by atoms with Gasteiger partial charge in [0.1, 0.15) is 0 Å². The number of hydrogen-bond donors (Lipinski definition) is 2. The minimum atomic E-state index is -0.438. The lowest BCUT2D eigenvalue weighted by Gasteiger charge is -2.27. The fourth-order valence-electron chi connectivity index (χ4n) is 2.98. The number of aliphatic hydroxyl groups is 1. The molecule has 2 N–H and O–H groups in total. The molecule has 1 atom stereocenters. The molecule has 0 saturated heterocycles. The molecule has 1 aromatic heterocycles. The van der Waals surface area contributed by atoms with Crippen molar-refractivity contribution in [3.63, 3.8) is 0 Å². The number of benzene rings is 1. The van der Waals surface area contributed by atoms with Gasteiger partial charge in [0.25, 0.3) is 0 Å². The maximum atomic E-state index is 10.6. The fourth-order valence-corrected chi connectivity index (χ4v) is 3.22. The van der Waals surface area contributed by atoms with Gasteiger partial charge in [-0.15, -0.1) is 0 Å². The molecule has 4 heteroatoms. The number of H-pyrrole nitrogens is 1. The van der Waals surface area contributed by atoms with Crippen molar-refractivity contribution in [2.75, 3.05) is 0 Å². The van der Waals surface area contributed by atoms with Gasteiger partial charge in [0.2, 0.25) is 0 Å². The Hall–Kier alpha value is -1.06. The topological polar surface area (TPSA) is 48.9 Å². The predicted octanol–water partition coefficient (Wildman–Crippen LogP) is 3.83. The molecule has 3 nitrogen and oxygen atoms in total. The summed E-state index contributed by atoms with van der Waals surface area (Å²) < 4.78 is 0. The Morgan fingerprint density at radius 1 is 1.28 bits per heavy atom. The van der Waals surface area contributed by atoms with Gasteiger partial charge in [0, 0.05) is 16.0 Å². The Labute approximate surface area is 111 Å². The average Bonchev–Trinajstić information content (AvgIpc) is 2.86. The van der Waals surface area contributed by atoms with Crippen LogP contribution >= 0.6 is 11.6 Å². The Kier molecular flexibility index (Phi) is 3.27. The summed E-state index contributed by atoms with van der Waals surface area (Å²) in [6.45, 7) is 0. The quantitative estimate of drug-likeness (QED) is 0.866. The molecule has 0 radical (unpaired) electrons. The van der Waals surface area contributed by atoms with Crippen LogP contribution in [0, 0.1) is 5.92 Å². The van der Waals surface area contributed by atoms with Crippen LogP contribution in [0.4, 0.5) is 0 Å². The van der Waals surface area contributed by atoms with Gasteiger partial charge in [-0.3, -0.25) is 5.10 Å². The number of halogens is 1. The SMILES string of the molecule is OC(c1cc(Cl)cc2cn[nH]c12)C1CCCCC1. The van der Waals surface area contributed by atoms with E-state index in [0.29, 0.717) is 10.9 Å². The highest BCUT2D eigenvalue weighted by Gasteiger charge is 2.25. The van der Waals surface area contributed by atoms with E-state index in [4.69, 9.17) is 11.6 Å². The molecule has 0 amide bonds. The van der Waals surface area contributed by atoms with Gasteiger partial charge in [-0.2, -0.15) is 5.10 Å². The predicted molar refractivity (Wildman–Crippen MR) is 72.6 cm³/mol. The van der Waals surface area contributed by atoms with E-state index < -0.39 is 6.10 Å². The molecular weight excluding hydrogens is 248 g/mol. The summed E-state index contributed by atoms with van der Waals surface area (Å²) in [6.07, 6.45) is 7.23. The normalized spacial score (nSPS) is 19.2. The maximum absolute atomic E-state index is 10.6. The number of aliphatic hydroxyl groups excluding tert-OH is 1. The highest BCUT2D eigenvalue weighted by molar-refractivity contribution is 6.31. The number of aromatic amines is 1. The number of aromatic nitrogens is 2. The molecule has 18 heavy (non-hydrogen) atoms. The molecule has 0 spiro atoms. The molecule has 3 rings (SSSR count). The third-order valence-electron chi connectivity index (χ3n) is 3.96. The van der Waals surface area contributed by atoms with Crippen LogP contribution in [0.1, 0.15) is 43.8 Å². The molecule has 96 valence electrons. The van der Waals surface area contributed by atoms with Crippen molar-refractivity contribution >= 4 is 22.5 Å². The molecule has 1 aliphatic rings. The lowest BCUT2D eigenvalue weighted by Crippen LogP contribution is -2.16. The molecule has 0 aliphatic heterocycles. The van der Waals surface area contributed by atoms with E-state index >= 15 is 0 Å². The first-order valence-corrected chi connectivity index (χ1v) is 6.94. The van der Waals surface area contributed by atoms with E-state index in [-0.39, 0.29) is 0 Å². The van der Waals surface area contributed by atoms with E-state index in [1.165, 1.54) is 19.3 Å². The van der Waals surface area contributed by atoms with E-state index in [1.54, 1.807) is 6.20 Å². The third-order valence-corrected chi connectivity index (χ3v) is 4.18. The number of nitrogens with zero attached hydrogens (tertiary/aromatic N) is 1. The van der Waals surface area contributed by atoms with Gasteiger partial charge in [-0.25, -0.2) is 0 Å². The zero-order chi connectivity index (χ0) is 12.5. The highest BCUT2D eigenvalue weighted by atomic mass is 35.5. The minimum absolute atomic E-state index is 0.351. The summed E-state index contributed by atoms with van der Waals surface area (Å²) in [5, 5.41) is 19.2. The first-order valence-electron chi connectivity index (χ1n) is 6.56. The van der Waals surface area contributed by atoms with Gasteiger partial charge in [-0.05, 0) is 30.9 Å². The van der Waals surface area contributed by atoms with E-state index in [0.717, 1.165) is 29.3 Å². The molecule has 1 fully saturated rings. The van der Waals surface area contributed by atoms with Crippen LogP contribution in [-0.2, 0) is 0 Å². The van der Waals surface area contributed by atoms with Crippen LogP contribution in [0.2, 0.25) is 5.02 Å². The second kappa shape index (κ2) is 4.90. The Morgan fingerprint density at radius 3 is 2.83 bits per heavy atom. The van der Waals surface area contributed by atoms with Gasteiger partial charge in [-0.1, -0.05) is 30.9 Å². The number of nitrogens with one attached hydrogen (secondary N) is 1. The Bertz CT molecular complexity index is 546. The van der Waals surface area contributed by atoms with Crippen LogP contribution < -0.4 is 0 Å². The highest BCUT2D eigenvalue weighted by Crippen LogP contribution is 2.37. The van der Waals surface area contributed by atoms with Crippen molar-refractivity contribution in [2.45, 2.75) is 38.2 Å². The molecular formula is C14H17ClN2O. The first kappa shape index (κ1) is 12.0. The molecule has 1 saturated carbocycles. The van der Waals surface area contributed by atoms with Crippen molar-refractivity contribution in [3.8, 4) is 0 Å². The largest absolute Gasteiger partial charge is 0.388 e. The molecule has 1 unspecified atom stereocenters. The molecule has 2 aromatic rings. The Balaban J connectivity index is 1.99. The average molecular weight is 265 g/mol. The van der Waals surface area contributed by atoms with Crippen LogP contribution in [0.25, 0.3) is 10.9 Å². The van der Waals surface area contributed by atoms with Crippen LogP contribution in [0.15, 0.2) is 18.3 Å². The maximum Gasteiger partial charge on any atom is 0.0839 e. The van der Waals surface area contributed by atoms with Gasteiger partial charge < -0.3 is 5.11 Å². The van der Waals surface area contributed by atoms with E-state index in [9.17, 15) is 5.11 Å². The van der Waals surface area contributed by atoms with Crippen molar-refractivity contribution < 1.29 is 5.11 Å². The van der Waals surface area contributed by atoms with Crippen molar-refractivity contribution in [2.24, 2.45) is 5.92 Å². The fraction of sp³-hybridized carbons (Fsp3) is 0.500. The summed E-state index contributed by atoms with van der Waals surface area (Å²) in [5.74, 6) is 0.351. The monoisotopic (exact) mass is 264 g/mol. The summed E-state index contributed by atoms with van der Waals surface area (Å²) in [6, 6.07) is 3.73. The summed E-state index contributed by atoms with van der Waals surface area (Å²) >= 11 is 6.11. The lowest BCUT2D eigenvalue weighted by atomic mass is 9.82. The summed E-state index contributed by atoms with van der Waals surface area (Å²) in [5.41, 5.74) is 1.80. The summed E-state index contributed by atoms with van der Waals surface area (Å²) in [4.78, 5) is 0. The van der Waals surface area contributed by atoms with Crippen molar-refractivity contribution in [3.05, 3.63) is 28.9 Å². The lowest BCUT2D eigenvalue weighted by molar-refractivity contribution is 0.0859. The standard InChI is InChI=1S/C14H17ClN2O/c15-11-6-10-8-16-17-13(10)12(7-11)14(18)9-4-2-1-3-5-9/h6-9,14,18H,1-5H2,(H,16,17). The molecule has 1 aromatic carbocycles. The zero-order valence-corrected chi connectivity index (χ0v) is 11.0. The van der Waals surface area contributed by atoms with Gasteiger partial charge in [0.15, 0.2) is 0 Å². The summed E-state index contributed by atoms with van der Waals surface area (Å²) in [7, 11) is 0.